The zero-order chi connectivity index (χ0) is 18.3. The topological polar surface area (TPSA) is 112 Å². The Labute approximate surface area is 145 Å². The molecule has 0 amide bonds. The molecule has 25 heavy (non-hydrogen) atoms. The number of fused-ring (bicyclic) bond motifs is 1. The summed E-state index contributed by atoms with van der Waals surface area (Å²) in [7, 11) is 1.25. The minimum absolute atomic E-state index is 0.0390. The molecule has 0 aromatic carbocycles. The van der Waals surface area contributed by atoms with Crippen LogP contribution in [0.15, 0.2) is 21.3 Å². The number of carboxylic acid groups (broad SMARTS) is 1. The van der Waals surface area contributed by atoms with E-state index in [2.05, 4.69) is 9.72 Å². The van der Waals surface area contributed by atoms with Gasteiger partial charge in [0.05, 0.1) is 19.0 Å². The number of hydrogen-bond acceptors (Lipinski definition) is 7. The van der Waals surface area contributed by atoms with E-state index < -0.39 is 11.9 Å². The fourth-order valence-corrected chi connectivity index (χ4v) is 3.59. The smallest absolute Gasteiger partial charge is 0.373 e. The van der Waals surface area contributed by atoms with E-state index in [4.69, 9.17) is 4.42 Å². The van der Waals surface area contributed by atoms with Gasteiger partial charge in [-0.05, 0) is 31.5 Å². The zero-order valence-electron chi connectivity index (χ0n) is 13.7. The highest BCUT2D eigenvalue weighted by Gasteiger charge is 2.21. The molecular weight excluding hydrogens is 348 g/mol. The normalized spacial score (nSPS) is 11.0. The van der Waals surface area contributed by atoms with Crippen LogP contribution >= 0.6 is 11.3 Å². The van der Waals surface area contributed by atoms with Crippen LogP contribution in [-0.4, -0.2) is 33.7 Å². The van der Waals surface area contributed by atoms with Crippen molar-refractivity contribution in [2.24, 2.45) is 0 Å². The molecule has 0 saturated carbocycles. The highest BCUT2D eigenvalue weighted by Crippen LogP contribution is 2.27. The van der Waals surface area contributed by atoms with Crippen LogP contribution < -0.4 is 5.56 Å². The molecule has 1 N–H and O–H groups in total. The third-order valence-electron chi connectivity index (χ3n) is 3.80. The van der Waals surface area contributed by atoms with Crippen LogP contribution in [0.3, 0.4) is 0 Å². The number of carboxylic acids is 1. The van der Waals surface area contributed by atoms with E-state index >= 15 is 0 Å². The van der Waals surface area contributed by atoms with E-state index in [1.807, 2.05) is 0 Å². The van der Waals surface area contributed by atoms with Gasteiger partial charge in [-0.1, -0.05) is 0 Å². The van der Waals surface area contributed by atoms with Gasteiger partial charge in [-0.3, -0.25) is 9.36 Å². The van der Waals surface area contributed by atoms with Gasteiger partial charge in [0.2, 0.25) is 5.76 Å². The number of ether oxygens (including phenoxy) is 1. The average Bonchev–Trinajstić information content (AvgIpc) is 3.15. The maximum Gasteiger partial charge on any atom is 0.373 e. The summed E-state index contributed by atoms with van der Waals surface area (Å²) < 4.78 is 11.3. The van der Waals surface area contributed by atoms with E-state index in [1.54, 1.807) is 19.9 Å². The number of aromatic carboxylic acids is 1. The van der Waals surface area contributed by atoms with Crippen molar-refractivity contribution in [2.75, 3.05) is 7.11 Å². The van der Waals surface area contributed by atoms with Crippen molar-refractivity contribution < 1.29 is 23.8 Å². The summed E-state index contributed by atoms with van der Waals surface area (Å²) in [4.78, 5) is 40.4. The number of aromatic nitrogens is 2. The monoisotopic (exact) mass is 362 g/mol. The first-order valence-electron chi connectivity index (χ1n) is 7.24. The number of carbonyl (C=O) groups excluding carboxylic acids is 1. The molecule has 0 fully saturated rings. The minimum atomic E-state index is -1.09. The Kier molecular flexibility index (Phi) is 4.17. The summed E-state index contributed by atoms with van der Waals surface area (Å²) in [5.41, 5.74) is 0.0493. The largest absolute Gasteiger partial charge is 0.477 e. The summed E-state index contributed by atoms with van der Waals surface area (Å²) in [5, 5.41) is 9.51. The van der Waals surface area contributed by atoms with Crippen LogP contribution in [0.4, 0.5) is 0 Å². The van der Waals surface area contributed by atoms with E-state index in [9.17, 15) is 19.5 Å². The SMILES string of the molecule is COC(=O)c1ccc(Cn2c(C)nc3sc(C(=O)O)c(C)c3c2=O)o1. The molecule has 0 spiro atoms. The molecule has 0 unspecified atom stereocenters. The lowest BCUT2D eigenvalue weighted by atomic mass is 10.2. The van der Waals surface area contributed by atoms with E-state index in [0.29, 0.717) is 22.0 Å². The Morgan fingerprint density at radius 1 is 1.36 bits per heavy atom. The molecule has 0 bridgehead atoms. The molecule has 0 atom stereocenters. The molecule has 130 valence electrons. The van der Waals surface area contributed by atoms with E-state index in [0.717, 1.165) is 11.3 Å². The number of furan rings is 1. The number of methoxy groups -OCH3 is 1. The number of hydrogen-bond donors (Lipinski definition) is 1. The van der Waals surface area contributed by atoms with Crippen molar-refractivity contribution in [3.05, 3.63) is 50.3 Å². The highest BCUT2D eigenvalue weighted by atomic mass is 32.1. The molecule has 3 heterocycles. The lowest BCUT2D eigenvalue weighted by Gasteiger charge is -2.07. The molecule has 9 heteroatoms. The molecule has 0 aliphatic carbocycles. The van der Waals surface area contributed by atoms with Crippen LogP contribution in [-0.2, 0) is 11.3 Å². The van der Waals surface area contributed by atoms with Crippen LogP contribution in [0.1, 0.15) is 37.4 Å². The average molecular weight is 362 g/mol. The van der Waals surface area contributed by atoms with Crippen molar-refractivity contribution in [3.63, 3.8) is 0 Å². The number of carbonyl (C=O) groups is 2. The number of thiophene rings is 1. The van der Waals surface area contributed by atoms with Crippen molar-refractivity contribution >= 4 is 33.5 Å². The van der Waals surface area contributed by atoms with Crippen LogP contribution in [0.25, 0.3) is 10.2 Å². The summed E-state index contributed by atoms with van der Waals surface area (Å²) in [6, 6.07) is 3.04. The quantitative estimate of drug-likeness (QED) is 0.708. The number of esters is 1. The van der Waals surface area contributed by atoms with Crippen molar-refractivity contribution in [3.8, 4) is 0 Å². The lowest BCUT2D eigenvalue weighted by Crippen LogP contribution is -2.24. The Morgan fingerprint density at radius 2 is 2.08 bits per heavy atom. The predicted octanol–water partition coefficient (Wildman–Crippen LogP) is 2.20. The van der Waals surface area contributed by atoms with Gasteiger partial charge < -0.3 is 14.3 Å². The van der Waals surface area contributed by atoms with Crippen molar-refractivity contribution in [2.45, 2.75) is 20.4 Å². The van der Waals surface area contributed by atoms with Gasteiger partial charge in [0.1, 0.15) is 21.3 Å². The van der Waals surface area contributed by atoms with Crippen LogP contribution in [0.2, 0.25) is 0 Å². The molecule has 0 aliphatic rings. The fraction of sp³-hybridized carbons (Fsp3) is 0.250. The van der Waals surface area contributed by atoms with Gasteiger partial charge in [-0.2, -0.15) is 0 Å². The van der Waals surface area contributed by atoms with Gasteiger partial charge in [0.25, 0.3) is 5.56 Å². The van der Waals surface area contributed by atoms with Crippen molar-refractivity contribution in [1.29, 1.82) is 0 Å². The Bertz CT molecular complexity index is 1060. The standard InChI is InChI=1S/C16H14N2O6S/c1-7-11-13(25-12(7)15(20)21)17-8(2)18(14(11)19)6-9-4-5-10(24-9)16(22)23-3/h4-5H,6H2,1-3H3,(H,20,21). The first-order valence-corrected chi connectivity index (χ1v) is 8.06. The predicted molar refractivity (Wildman–Crippen MR) is 89.5 cm³/mol. The maximum absolute atomic E-state index is 12.8. The van der Waals surface area contributed by atoms with Crippen LogP contribution in [0, 0.1) is 13.8 Å². The van der Waals surface area contributed by atoms with Gasteiger partial charge in [0.15, 0.2) is 0 Å². The maximum atomic E-state index is 12.8. The third-order valence-corrected chi connectivity index (χ3v) is 4.97. The first-order chi connectivity index (χ1) is 11.8. The second-order valence-corrected chi connectivity index (χ2v) is 6.35. The number of rotatable bonds is 4. The fourth-order valence-electron chi connectivity index (χ4n) is 2.54. The van der Waals surface area contributed by atoms with Crippen molar-refractivity contribution in [1.82, 2.24) is 9.55 Å². The van der Waals surface area contributed by atoms with Gasteiger partial charge in [-0.25, -0.2) is 14.6 Å². The third kappa shape index (κ3) is 2.82. The minimum Gasteiger partial charge on any atom is -0.477 e. The van der Waals surface area contributed by atoms with Gasteiger partial charge in [0, 0.05) is 0 Å². The second kappa shape index (κ2) is 6.17. The summed E-state index contributed by atoms with van der Waals surface area (Å²) in [5.74, 6) is -0.844. The second-order valence-electron chi connectivity index (χ2n) is 5.35. The number of aryl methyl sites for hydroxylation is 2. The lowest BCUT2D eigenvalue weighted by molar-refractivity contribution is 0.0562. The Hall–Kier alpha value is -2.94. The summed E-state index contributed by atoms with van der Waals surface area (Å²) in [6.07, 6.45) is 0. The number of nitrogens with zero attached hydrogens (tertiary/aromatic N) is 2. The molecule has 0 aliphatic heterocycles. The molecule has 0 saturated heterocycles. The van der Waals surface area contributed by atoms with Crippen LogP contribution in [0.5, 0.6) is 0 Å². The zero-order valence-corrected chi connectivity index (χ0v) is 14.5. The molecule has 0 radical (unpaired) electrons. The molecule has 3 aromatic rings. The Morgan fingerprint density at radius 3 is 2.72 bits per heavy atom. The molecule has 3 rings (SSSR count). The molecular formula is C16H14N2O6S. The first kappa shape index (κ1) is 16.9. The summed E-state index contributed by atoms with van der Waals surface area (Å²) >= 11 is 0.978. The highest BCUT2D eigenvalue weighted by molar-refractivity contribution is 7.20. The van der Waals surface area contributed by atoms with E-state index in [1.165, 1.54) is 17.7 Å². The van der Waals surface area contributed by atoms with E-state index in [-0.39, 0.29) is 28.1 Å². The van der Waals surface area contributed by atoms with Gasteiger partial charge >= 0.3 is 11.9 Å². The molecule has 8 nitrogen and oxygen atoms in total. The van der Waals surface area contributed by atoms with Gasteiger partial charge in [-0.15, -0.1) is 11.3 Å². The Balaban J connectivity index is 2.09. The molecule has 3 aromatic heterocycles. The summed E-state index contributed by atoms with van der Waals surface area (Å²) in [6.45, 7) is 3.32.